The Labute approximate surface area is 116 Å². The second kappa shape index (κ2) is 5.04. The first-order chi connectivity index (χ1) is 9.16. The zero-order chi connectivity index (χ0) is 13.4. The number of nitrogens with one attached hydrogen (secondary N) is 1. The monoisotopic (exact) mass is 259 g/mol. The zero-order valence-corrected chi connectivity index (χ0v) is 12.3. The van der Waals surface area contributed by atoms with E-state index >= 15 is 0 Å². The Morgan fingerprint density at radius 3 is 2.63 bits per heavy atom. The van der Waals surface area contributed by atoms with Crippen molar-refractivity contribution < 1.29 is 0 Å². The van der Waals surface area contributed by atoms with Gasteiger partial charge in [0.2, 0.25) is 0 Å². The smallest absolute Gasteiger partial charge is 0.0420 e. The van der Waals surface area contributed by atoms with Crippen molar-refractivity contribution in [2.24, 2.45) is 0 Å². The Morgan fingerprint density at radius 2 is 1.89 bits per heavy atom. The highest BCUT2D eigenvalue weighted by Crippen LogP contribution is 2.33. The van der Waals surface area contributed by atoms with Crippen molar-refractivity contribution in [1.29, 1.82) is 0 Å². The van der Waals surface area contributed by atoms with Crippen molar-refractivity contribution in [2.75, 3.05) is 36.9 Å². The third-order valence-electron chi connectivity index (χ3n) is 4.77. The van der Waals surface area contributed by atoms with Gasteiger partial charge in [-0.3, -0.25) is 4.90 Å². The molecule has 0 saturated carbocycles. The third-order valence-corrected chi connectivity index (χ3v) is 4.77. The van der Waals surface area contributed by atoms with Crippen molar-refractivity contribution in [3.63, 3.8) is 0 Å². The fraction of sp³-hybridized carbons (Fsp3) is 0.625. The highest BCUT2D eigenvalue weighted by molar-refractivity contribution is 5.68. The molecular weight excluding hydrogens is 234 g/mol. The number of fused-ring (bicyclic) bond motifs is 1. The third kappa shape index (κ3) is 2.32. The molecule has 3 heteroatoms. The average molecular weight is 259 g/mol. The van der Waals surface area contributed by atoms with E-state index in [0.29, 0.717) is 12.1 Å². The zero-order valence-electron chi connectivity index (χ0n) is 12.3. The lowest BCUT2D eigenvalue weighted by Gasteiger charge is -2.44. The Morgan fingerprint density at radius 1 is 1.16 bits per heavy atom. The summed E-state index contributed by atoms with van der Waals surface area (Å²) in [5.41, 5.74) is 4.33. The summed E-state index contributed by atoms with van der Waals surface area (Å²) in [7, 11) is 2.24. The van der Waals surface area contributed by atoms with Gasteiger partial charge in [-0.2, -0.15) is 0 Å². The molecule has 3 nitrogen and oxygen atoms in total. The molecule has 1 fully saturated rings. The van der Waals surface area contributed by atoms with Gasteiger partial charge in [-0.25, -0.2) is 0 Å². The minimum absolute atomic E-state index is 0.621. The molecule has 1 aromatic carbocycles. The number of likely N-dealkylation sites (N-methyl/N-ethyl adjacent to an activating group) is 1. The fourth-order valence-electron chi connectivity index (χ4n) is 3.39. The quantitative estimate of drug-likeness (QED) is 0.836. The van der Waals surface area contributed by atoms with Crippen LogP contribution in [0.4, 0.5) is 11.4 Å². The van der Waals surface area contributed by atoms with Crippen molar-refractivity contribution in [3.8, 4) is 0 Å². The van der Waals surface area contributed by atoms with Crippen LogP contribution in [0.15, 0.2) is 18.2 Å². The van der Waals surface area contributed by atoms with Gasteiger partial charge in [-0.05, 0) is 51.4 Å². The van der Waals surface area contributed by atoms with E-state index in [-0.39, 0.29) is 0 Å². The summed E-state index contributed by atoms with van der Waals surface area (Å²) < 4.78 is 0. The van der Waals surface area contributed by atoms with E-state index in [9.17, 15) is 0 Å². The van der Waals surface area contributed by atoms with Crippen LogP contribution in [0.3, 0.4) is 0 Å². The molecule has 0 spiro atoms. The molecule has 2 aliphatic rings. The van der Waals surface area contributed by atoms with Crippen LogP contribution in [-0.2, 0) is 6.42 Å². The molecule has 3 rings (SSSR count). The number of rotatable bonds is 1. The second-order valence-corrected chi connectivity index (χ2v) is 6.10. The number of hydrogen-bond acceptors (Lipinski definition) is 3. The molecule has 2 unspecified atom stereocenters. The summed E-state index contributed by atoms with van der Waals surface area (Å²) in [5.74, 6) is 0. The van der Waals surface area contributed by atoms with Crippen molar-refractivity contribution in [2.45, 2.75) is 38.8 Å². The Hall–Kier alpha value is -1.22. The predicted molar refractivity (Wildman–Crippen MR) is 82.2 cm³/mol. The lowest BCUT2D eigenvalue weighted by atomic mass is 9.99. The molecule has 2 aliphatic heterocycles. The summed E-state index contributed by atoms with van der Waals surface area (Å²) in [6.45, 7) is 8.05. The van der Waals surface area contributed by atoms with Gasteiger partial charge in [0, 0.05) is 43.1 Å². The van der Waals surface area contributed by atoms with Crippen molar-refractivity contribution >= 4 is 11.4 Å². The number of hydrogen-bond donors (Lipinski definition) is 1. The fourth-order valence-corrected chi connectivity index (χ4v) is 3.39. The van der Waals surface area contributed by atoms with E-state index in [0.717, 1.165) is 19.6 Å². The highest BCUT2D eigenvalue weighted by Gasteiger charge is 2.28. The first kappa shape index (κ1) is 12.8. The number of anilines is 2. The summed E-state index contributed by atoms with van der Waals surface area (Å²) >= 11 is 0. The van der Waals surface area contributed by atoms with Crippen LogP contribution in [0.25, 0.3) is 0 Å². The molecule has 0 aromatic heterocycles. The van der Waals surface area contributed by atoms with Crippen LogP contribution >= 0.6 is 0 Å². The maximum Gasteiger partial charge on any atom is 0.0420 e. The van der Waals surface area contributed by atoms with Crippen LogP contribution in [-0.4, -0.2) is 43.7 Å². The predicted octanol–water partition coefficient (Wildman–Crippen LogP) is 2.57. The van der Waals surface area contributed by atoms with Crippen LogP contribution in [0.5, 0.6) is 0 Å². The maximum atomic E-state index is 3.54. The van der Waals surface area contributed by atoms with E-state index in [1.807, 2.05) is 0 Å². The average Bonchev–Trinajstić information content (AvgIpc) is 2.43. The van der Waals surface area contributed by atoms with E-state index in [1.165, 1.54) is 29.8 Å². The SMILES string of the molecule is CC1CN(c2cccc3c2CCCN3)CC(C)N1C. The number of nitrogens with zero attached hydrogens (tertiary/aromatic N) is 2. The molecule has 0 aliphatic carbocycles. The first-order valence-electron chi connectivity index (χ1n) is 7.49. The molecule has 0 amide bonds. The van der Waals surface area contributed by atoms with Crippen LogP contribution in [0.1, 0.15) is 25.8 Å². The standard InChI is InChI=1S/C16H25N3/c1-12-10-19(11-13(2)18(12)3)16-8-4-7-15-14(16)6-5-9-17-15/h4,7-8,12-13,17H,5-6,9-11H2,1-3H3. The molecule has 2 heterocycles. The van der Waals surface area contributed by atoms with Gasteiger partial charge >= 0.3 is 0 Å². The minimum atomic E-state index is 0.621. The van der Waals surface area contributed by atoms with Crippen LogP contribution in [0.2, 0.25) is 0 Å². The molecule has 0 radical (unpaired) electrons. The summed E-state index contributed by atoms with van der Waals surface area (Å²) in [6, 6.07) is 7.96. The Kier molecular flexibility index (Phi) is 3.40. The molecule has 1 saturated heterocycles. The molecule has 1 aromatic rings. The molecule has 1 N–H and O–H groups in total. The highest BCUT2D eigenvalue weighted by atomic mass is 15.3. The summed E-state index contributed by atoms with van der Waals surface area (Å²) in [5, 5.41) is 3.54. The van der Waals surface area contributed by atoms with Gasteiger partial charge in [-0.15, -0.1) is 0 Å². The van der Waals surface area contributed by atoms with E-state index in [2.05, 4.69) is 54.2 Å². The first-order valence-corrected chi connectivity index (χ1v) is 7.49. The van der Waals surface area contributed by atoms with Crippen LogP contribution in [0, 0.1) is 0 Å². The van der Waals surface area contributed by atoms with Gasteiger partial charge in [0.25, 0.3) is 0 Å². The van der Waals surface area contributed by atoms with Gasteiger partial charge < -0.3 is 10.2 Å². The largest absolute Gasteiger partial charge is 0.385 e. The minimum Gasteiger partial charge on any atom is -0.385 e. The van der Waals surface area contributed by atoms with Gasteiger partial charge in [-0.1, -0.05) is 6.07 Å². The Bertz CT molecular complexity index is 445. The van der Waals surface area contributed by atoms with E-state index < -0.39 is 0 Å². The van der Waals surface area contributed by atoms with Gasteiger partial charge in [0.15, 0.2) is 0 Å². The van der Waals surface area contributed by atoms with Gasteiger partial charge in [0.05, 0.1) is 0 Å². The summed E-state index contributed by atoms with van der Waals surface area (Å²) in [6.07, 6.45) is 2.47. The van der Waals surface area contributed by atoms with Crippen LogP contribution < -0.4 is 10.2 Å². The lowest BCUT2D eigenvalue weighted by molar-refractivity contribution is 0.170. The molecule has 104 valence electrons. The molecular formula is C16H25N3. The molecule has 0 bridgehead atoms. The van der Waals surface area contributed by atoms with Crippen molar-refractivity contribution in [3.05, 3.63) is 23.8 Å². The van der Waals surface area contributed by atoms with Crippen molar-refractivity contribution in [1.82, 2.24) is 4.90 Å². The molecule has 19 heavy (non-hydrogen) atoms. The summed E-state index contributed by atoms with van der Waals surface area (Å²) in [4.78, 5) is 5.07. The van der Waals surface area contributed by atoms with E-state index in [1.54, 1.807) is 0 Å². The van der Waals surface area contributed by atoms with Gasteiger partial charge in [0.1, 0.15) is 0 Å². The number of benzene rings is 1. The normalized spacial score (nSPS) is 27.8. The number of piperazine rings is 1. The van der Waals surface area contributed by atoms with E-state index in [4.69, 9.17) is 0 Å². The maximum absolute atomic E-state index is 3.54. The second-order valence-electron chi connectivity index (χ2n) is 6.10. The molecule has 2 atom stereocenters. The lowest BCUT2D eigenvalue weighted by Crippen LogP contribution is -2.55. The topological polar surface area (TPSA) is 18.5 Å². The Balaban J connectivity index is 1.90.